The summed E-state index contributed by atoms with van der Waals surface area (Å²) in [6, 6.07) is 0. The topological polar surface area (TPSA) is 108 Å². The quantitative estimate of drug-likeness (QED) is 0.580. The largest absolute Gasteiger partial charge is 0.750 e. The molecule has 126 valence electrons. The van der Waals surface area contributed by atoms with Gasteiger partial charge in [-0.25, -0.2) is 0 Å². The highest BCUT2D eigenvalue weighted by molar-refractivity contribution is 6.54. The van der Waals surface area contributed by atoms with Crippen LogP contribution in [0, 0.1) is 0 Å². The van der Waals surface area contributed by atoms with Gasteiger partial charge in [0.25, 0.3) is 5.88 Å². The molecular formula is C12H24N4O5Si. The molecule has 2 N–H and O–H groups in total. The Labute approximate surface area is 131 Å². The molecule has 0 radical (unpaired) electrons. The molecule has 0 aliphatic rings. The first-order chi connectivity index (χ1) is 10.6. The summed E-state index contributed by atoms with van der Waals surface area (Å²) in [5.74, 6) is -0.186. The zero-order valence-corrected chi connectivity index (χ0v) is 14.5. The molecule has 9 nitrogen and oxygen atoms in total. The molecule has 1 aromatic heterocycles. The zero-order chi connectivity index (χ0) is 16.4. The van der Waals surface area contributed by atoms with E-state index in [0.29, 0.717) is 26.4 Å². The number of hydrogen-bond donors (Lipinski definition) is 2. The fraction of sp³-hybridized carbons (Fsp3) is 0.750. The van der Waals surface area contributed by atoms with Crippen LogP contribution in [0.3, 0.4) is 0 Å². The molecule has 1 heterocycles. The van der Waals surface area contributed by atoms with Crippen molar-refractivity contribution in [1.82, 2.24) is 15.4 Å². The Kier molecular flexibility index (Phi) is 8.02. The first kappa shape index (κ1) is 18.6. The van der Waals surface area contributed by atoms with Gasteiger partial charge in [-0.1, -0.05) is 12.0 Å². The lowest BCUT2D eigenvalue weighted by Gasteiger charge is -2.26. The smallest absolute Gasteiger partial charge is 0.500 e. The Morgan fingerprint density at radius 2 is 1.59 bits per heavy atom. The highest BCUT2D eigenvalue weighted by Crippen LogP contribution is 2.31. The Morgan fingerprint density at radius 1 is 1.00 bits per heavy atom. The third-order valence-electron chi connectivity index (χ3n) is 2.43. The van der Waals surface area contributed by atoms with Crippen LogP contribution in [-0.2, 0) is 13.3 Å². The van der Waals surface area contributed by atoms with E-state index >= 15 is 0 Å². The predicted molar refractivity (Wildman–Crippen MR) is 81.5 cm³/mol. The van der Waals surface area contributed by atoms with E-state index in [1.165, 1.54) is 0 Å². The van der Waals surface area contributed by atoms with Crippen molar-refractivity contribution in [3.05, 3.63) is 0 Å². The molecule has 0 aliphatic carbocycles. The third kappa shape index (κ3) is 5.05. The van der Waals surface area contributed by atoms with Crippen molar-refractivity contribution in [3.63, 3.8) is 0 Å². The molecular weight excluding hydrogens is 308 g/mol. The maximum atomic E-state index is 10.2. The first-order valence-corrected chi connectivity index (χ1v) is 9.02. The van der Waals surface area contributed by atoms with Crippen molar-refractivity contribution < 1.29 is 22.8 Å². The van der Waals surface area contributed by atoms with Crippen LogP contribution >= 0.6 is 0 Å². The molecule has 0 amide bonds. The molecule has 1 aromatic rings. The fourth-order valence-corrected chi connectivity index (χ4v) is 3.46. The second-order valence-corrected chi connectivity index (χ2v) is 6.19. The number of anilines is 1. The van der Waals surface area contributed by atoms with Crippen LogP contribution in [0.5, 0.6) is 11.6 Å². The van der Waals surface area contributed by atoms with Crippen LogP contribution in [0.1, 0.15) is 34.1 Å². The average Bonchev–Trinajstić information content (AvgIpc) is 2.49. The molecule has 0 aliphatic heterocycles. The first-order valence-electron chi connectivity index (χ1n) is 7.39. The zero-order valence-electron chi connectivity index (χ0n) is 13.5. The molecule has 0 saturated carbocycles. The van der Waals surface area contributed by atoms with E-state index in [2.05, 4.69) is 20.7 Å². The van der Waals surface area contributed by atoms with Gasteiger partial charge in [0.1, 0.15) is 0 Å². The minimum atomic E-state index is -3.44. The van der Waals surface area contributed by atoms with Gasteiger partial charge >= 0.3 is 9.05 Å². The van der Waals surface area contributed by atoms with E-state index in [4.69, 9.17) is 17.7 Å². The summed E-state index contributed by atoms with van der Waals surface area (Å²) in [5.41, 5.74) is 0. The minimum absolute atomic E-state index is 0.129. The van der Waals surface area contributed by atoms with Crippen LogP contribution in [0.25, 0.3) is 0 Å². The summed E-state index contributed by atoms with van der Waals surface area (Å²) >= 11 is 0. The lowest BCUT2D eigenvalue weighted by Crippen LogP contribution is -2.52. The Balaban J connectivity index is 3.01. The normalized spacial score (nSPS) is 11.5. The highest BCUT2D eigenvalue weighted by Gasteiger charge is 2.49. The van der Waals surface area contributed by atoms with Crippen LogP contribution in [0.15, 0.2) is 0 Å². The SMILES string of the molecule is CCCNc1nnnc(O[Si](OCC)(OCC)OCC)c1O. The van der Waals surface area contributed by atoms with E-state index in [1.807, 2.05) is 6.92 Å². The molecule has 0 bridgehead atoms. The van der Waals surface area contributed by atoms with Gasteiger partial charge in [-0.2, -0.15) is 0 Å². The monoisotopic (exact) mass is 332 g/mol. The van der Waals surface area contributed by atoms with Gasteiger partial charge in [0.2, 0.25) is 5.75 Å². The number of rotatable bonds is 11. The number of nitrogens with one attached hydrogen (secondary N) is 1. The summed E-state index contributed by atoms with van der Waals surface area (Å²) < 4.78 is 22.3. The molecule has 0 atom stereocenters. The number of aromatic hydroxyl groups is 1. The minimum Gasteiger partial charge on any atom is -0.500 e. The van der Waals surface area contributed by atoms with Gasteiger partial charge < -0.3 is 28.1 Å². The Morgan fingerprint density at radius 3 is 2.09 bits per heavy atom. The lowest BCUT2D eigenvalue weighted by atomic mass is 10.4. The van der Waals surface area contributed by atoms with Crippen LogP contribution in [-0.4, -0.2) is 55.9 Å². The van der Waals surface area contributed by atoms with E-state index < -0.39 is 9.05 Å². The molecule has 0 saturated heterocycles. The Bertz CT molecular complexity index is 435. The van der Waals surface area contributed by atoms with E-state index in [-0.39, 0.29) is 17.4 Å². The maximum absolute atomic E-state index is 10.2. The van der Waals surface area contributed by atoms with Gasteiger partial charge in [0, 0.05) is 26.4 Å². The molecule has 0 unspecified atom stereocenters. The second-order valence-electron chi connectivity index (χ2n) is 4.12. The number of hydrogen-bond acceptors (Lipinski definition) is 9. The second kappa shape index (κ2) is 9.51. The Hall–Kier alpha value is -1.49. The summed E-state index contributed by atoms with van der Waals surface area (Å²) in [5, 5.41) is 24.1. The molecule has 0 aromatic carbocycles. The van der Waals surface area contributed by atoms with Gasteiger partial charge in [-0.05, 0) is 32.4 Å². The summed E-state index contributed by atoms with van der Waals surface area (Å²) in [6.45, 7) is 9.05. The molecule has 1 rings (SSSR count). The fourth-order valence-electron chi connectivity index (χ4n) is 1.60. The van der Waals surface area contributed by atoms with Crippen molar-refractivity contribution in [2.45, 2.75) is 34.1 Å². The third-order valence-corrected chi connectivity index (χ3v) is 4.80. The van der Waals surface area contributed by atoms with Crippen LogP contribution in [0.4, 0.5) is 5.82 Å². The molecule has 0 fully saturated rings. The predicted octanol–water partition coefficient (Wildman–Crippen LogP) is 1.32. The van der Waals surface area contributed by atoms with Crippen molar-refractivity contribution >= 4 is 14.9 Å². The van der Waals surface area contributed by atoms with Crippen molar-refractivity contribution in [1.29, 1.82) is 0 Å². The molecule has 22 heavy (non-hydrogen) atoms. The summed E-state index contributed by atoms with van der Waals surface area (Å²) in [4.78, 5) is 0. The maximum Gasteiger partial charge on any atom is 0.750 e. The summed E-state index contributed by atoms with van der Waals surface area (Å²) in [7, 11) is -3.44. The van der Waals surface area contributed by atoms with Crippen molar-refractivity contribution in [2.24, 2.45) is 0 Å². The van der Waals surface area contributed by atoms with E-state index in [1.54, 1.807) is 20.8 Å². The summed E-state index contributed by atoms with van der Waals surface area (Å²) in [6.07, 6.45) is 0.870. The number of nitrogens with zero attached hydrogens (tertiary/aromatic N) is 3. The van der Waals surface area contributed by atoms with Gasteiger partial charge in [-0.3, -0.25) is 0 Å². The van der Waals surface area contributed by atoms with Gasteiger partial charge in [0.15, 0.2) is 5.82 Å². The lowest BCUT2D eigenvalue weighted by molar-refractivity contribution is 0.00725. The van der Waals surface area contributed by atoms with Gasteiger partial charge in [-0.15, -0.1) is 5.10 Å². The highest BCUT2D eigenvalue weighted by atomic mass is 28.4. The van der Waals surface area contributed by atoms with E-state index in [9.17, 15) is 5.11 Å². The van der Waals surface area contributed by atoms with Crippen LogP contribution < -0.4 is 9.74 Å². The van der Waals surface area contributed by atoms with Crippen molar-refractivity contribution in [2.75, 3.05) is 31.7 Å². The standard InChI is InChI=1S/C12H24N4O5Si/c1-5-9-13-11-10(17)12(15-16-14-11)21-22(18-6-2,19-7-3)20-8-4/h5-9H2,1-4H3,(H,16,17)(H,13,14,15). The van der Waals surface area contributed by atoms with Crippen molar-refractivity contribution in [3.8, 4) is 11.6 Å². The number of aromatic nitrogens is 3. The van der Waals surface area contributed by atoms with Crippen LogP contribution in [0.2, 0.25) is 0 Å². The molecule has 0 spiro atoms. The average molecular weight is 332 g/mol. The molecule has 10 heteroatoms. The van der Waals surface area contributed by atoms with E-state index in [0.717, 1.165) is 6.42 Å². The van der Waals surface area contributed by atoms with Gasteiger partial charge in [0.05, 0.1) is 0 Å².